The van der Waals surface area contributed by atoms with Crippen molar-refractivity contribution in [2.24, 2.45) is 0 Å². The highest BCUT2D eigenvalue weighted by Gasteiger charge is 2.40. The van der Waals surface area contributed by atoms with Crippen molar-refractivity contribution in [3.8, 4) is 0 Å². The molecule has 0 fully saturated rings. The van der Waals surface area contributed by atoms with Gasteiger partial charge in [0.05, 0.1) is 12.8 Å². The molecule has 0 aromatic carbocycles. The maximum absolute atomic E-state index is 10.3. The van der Waals surface area contributed by atoms with Gasteiger partial charge in [0, 0.05) is 0 Å². The van der Waals surface area contributed by atoms with E-state index in [0.29, 0.717) is 0 Å². The SMILES string of the molecule is O=C(O)C(=O)O.O=C(O)CC(O)(CC(=O)O)C(=O)O.O=S(=O)(O)O. The summed E-state index contributed by atoms with van der Waals surface area (Å²) in [5, 5.41) is 48.6. The second-order valence-electron chi connectivity index (χ2n) is 3.54. The smallest absolute Gasteiger partial charge is 0.414 e. The quantitative estimate of drug-likeness (QED) is 0.177. The Morgan fingerprint density at radius 1 is 0.708 bits per heavy atom. The van der Waals surface area contributed by atoms with Gasteiger partial charge in [0.2, 0.25) is 0 Å². The number of hydrogen-bond donors (Lipinski definition) is 8. The normalized spacial score (nSPS) is 10.1. The van der Waals surface area contributed by atoms with Gasteiger partial charge in [-0.15, -0.1) is 0 Å². The van der Waals surface area contributed by atoms with E-state index in [1.807, 2.05) is 0 Å². The number of carboxylic acid groups (broad SMARTS) is 5. The number of carbonyl (C=O) groups is 5. The molecule has 140 valence electrons. The van der Waals surface area contributed by atoms with Gasteiger partial charge in [-0.2, -0.15) is 8.42 Å². The average molecular weight is 380 g/mol. The second-order valence-corrected chi connectivity index (χ2v) is 4.43. The molecule has 0 amide bonds. The monoisotopic (exact) mass is 380 g/mol. The average Bonchev–Trinajstić information content (AvgIpc) is 2.24. The van der Waals surface area contributed by atoms with Crippen molar-refractivity contribution in [2.45, 2.75) is 18.4 Å². The molecule has 0 saturated heterocycles. The number of aliphatic hydroxyl groups is 1. The van der Waals surface area contributed by atoms with Crippen LogP contribution in [0, 0.1) is 0 Å². The van der Waals surface area contributed by atoms with Crippen LogP contribution >= 0.6 is 0 Å². The lowest BCUT2D eigenvalue weighted by Gasteiger charge is -2.18. The summed E-state index contributed by atoms with van der Waals surface area (Å²) in [5.41, 5.74) is -2.74. The lowest BCUT2D eigenvalue weighted by atomic mass is 9.96. The third-order valence-electron chi connectivity index (χ3n) is 1.47. The van der Waals surface area contributed by atoms with Crippen LogP contribution in [0.4, 0.5) is 0 Å². The highest BCUT2D eigenvalue weighted by Crippen LogP contribution is 2.15. The first-order valence-electron chi connectivity index (χ1n) is 4.97. The van der Waals surface area contributed by atoms with E-state index < -0.39 is 58.7 Å². The first kappa shape index (κ1) is 26.1. The second kappa shape index (κ2) is 10.8. The van der Waals surface area contributed by atoms with Gasteiger partial charge >= 0.3 is 40.2 Å². The van der Waals surface area contributed by atoms with Crippen LogP contribution < -0.4 is 0 Å². The van der Waals surface area contributed by atoms with Gasteiger partial charge in [-0.05, 0) is 0 Å². The molecule has 0 aliphatic heterocycles. The summed E-state index contributed by atoms with van der Waals surface area (Å²) >= 11 is 0. The van der Waals surface area contributed by atoms with E-state index in [-0.39, 0.29) is 0 Å². The van der Waals surface area contributed by atoms with E-state index >= 15 is 0 Å². The number of hydrogen-bond acceptors (Lipinski definition) is 8. The number of aliphatic carboxylic acids is 5. The molecule has 8 N–H and O–H groups in total. The van der Waals surface area contributed by atoms with Gasteiger partial charge in [-0.25, -0.2) is 14.4 Å². The summed E-state index contributed by atoms with van der Waals surface area (Å²) in [7, 11) is -4.67. The minimum absolute atomic E-state index is 1.14. The first-order valence-corrected chi connectivity index (χ1v) is 6.37. The molecule has 0 aromatic rings. The summed E-state index contributed by atoms with van der Waals surface area (Å²) < 4.78 is 31.6. The Hall–Kier alpha value is -2.82. The molecular weight excluding hydrogens is 368 g/mol. The van der Waals surface area contributed by atoms with E-state index in [9.17, 15) is 14.4 Å². The molecule has 0 unspecified atom stereocenters. The van der Waals surface area contributed by atoms with Gasteiger partial charge in [0.25, 0.3) is 0 Å². The molecule has 0 aliphatic carbocycles. The zero-order valence-corrected chi connectivity index (χ0v) is 12.1. The van der Waals surface area contributed by atoms with Crippen molar-refractivity contribution in [3.63, 3.8) is 0 Å². The van der Waals surface area contributed by atoms with Crippen LogP contribution in [0.2, 0.25) is 0 Å². The van der Waals surface area contributed by atoms with Crippen molar-refractivity contribution in [1.29, 1.82) is 0 Å². The van der Waals surface area contributed by atoms with Gasteiger partial charge in [0.1, 0.15) is 0 Å². The van der Waals surface area contributed by atoms with Crippen molar-refractivity contribution in [2.75, 3.05) is 0 Å². The Labute approximate surface area is 132 Å². The van der Waals surface area contributed by atoms with Gasteiger partial charge in [-0.1, -0.05) is 0 Å². The van der Waals surface area contributed by atoms with E-state index in [2.05, 4.69) is 0 Å². The van der Waals surface area contributed by atoms with Crippen LogP contribution in [-0.4, -0.2) is 83.6 Å². The molecule has 0 radical (unpaired) electrons. The molecule has 0 spiro atoms. The molecule has 0 aromatic heterocycles. The highest BCUT2D eigenvalue weighted by molar-refractivity contribution is 7.79. The standard InChI is InChI=1S/C6H8O7.C2H2O4.H2O4S/c7-3(8)1-6(13,5(11)12)2-4(9)10;3-1(4)2(5)6;1-5(2,3)4/h13H,1-2H2,(H,7,8)(H,9,10)(H,11,12);(H,3,4)(H,5,6);(H2,1,2,3,4). The van der Waals surface area contributed by atoms with Gasteiger partial charge in [-0.3, -0.25) is 18.7 Å². The molecule has 15 nitrogen and oxygen atoms in total. The Morgan fingerprint density at radius 3 is 1.00 bits per heavy atom. The lowest BCUT2D eigenvalue weighted by molar-refractivity contribution is -0.170. The molecular formula is C8H12O15S. The molecule has 24 heavy (non-hydrogen) atoms. The summed E-state index contributed by atoms with van der Waals surface area (Å²) in [5.74, 6) is -8.67. The van der Waals surface area contributed by atoms with Crippen LogP contribution in [-0.2, 0) is 34.4 Å². The summed E-state index contributed by atoms with van der Waals surface area (Å²) in [6.07, 6.45) is -2.29. The van der Waals surface area contributed by atoms with Crippen molar-refractivity contribution >= 4 is 40.2 Å². The fraction of sp³-hybridized carbons (Fsp3) is 0.375. The predicted molar refractivity (Wildman–Crippen MR) is 66.5 cm³/mol. The molecule has 0 aliphatic rings. The van der Waals surface area contributed by atoms with Gasteiger partial charge in [0.15, 0.2) is 5.60 Å². The van der Waals surface area contributed by atoms with Gasteiger partial charge < -0.3 is 30.6 Å². The topological polar surface area (TPSA) is 281 Å². The van der Waals surface area contributed by atoms with Crippen LogP contribution in [0.3, 0.4) is 0 Å². The first-order chi connectivity index (χ1) is 10.4. The minimum Gasteiger partial charge on any atom is -0.481 e. The third kappa shape index (κ3) is 21.5. The maximum atomic E-state index is 10.3. The minimum atomic E-state index is -4.67. The van der Waals surface area contributed by atoms with E-state index in [1.165, 1.54) is 0 Å². The fourth-order valence-corrected chi connectivity index (χ4v) is 0.714. The maximum Gasteiger partial charge on any atom is 0.414 e. The third-order valence-corrected chi connectivity index (χ3v) is 1.47. The molecule has 16 heteroatoms. The lowest BCUT2D eigenvalue weighted by Crippen LogP contribution is -2.42. The van der Waals surface area contributed by atoms with E-state index in [0.717, 1.165) is 0 Å². The van der Waals surface area contributed by atoms with E-state index in [1.54, 1.807) is 0 Å². The van der Waals surface area contributed by atoms with Crippen molar-refractivity contribution in [3.05, 3.63) is 0 Å². The zero-order chi connectivity index (χ0) is 20.3. The van der Waals surface area contributed by atoms with Crippen LogP contribution in [0.1, 0.15) is 12.8 Å². The Balaban J connectivity index is -0.000000332. The summed E-state index contributed by atoms with van der Waals surface area (Å²) in [6, 6.07) is 0. The number of carboxylic acids is 5. The van der Waals surface area contributed by atoms with Crippen LogP contribution in [0.5, 0.6) is 0 Å². The summed E-state index contributed by atoms with van der Waals surface area (Å²) in [6.45, 7) is 0. The highest BCUT2D eigenvalue weighted by atomic mass is 32.3. The molecule has 0 rings (SSSR count). The zero-order valence-electron chi connectivity index (χ0n) is 11.3. The Bertz CT molecular complexity index is 551. The van der Waals surface area contributed by atoms with Crippen LogP contribution in [0.15, 0.2) is 0 Å². The van der Waals surface area contributed by atoms with Crippen molar-refractivity contribution in [1.82, 2.24) is 0 Å². The number of rotatable bonds is 5. The predicted octanol–water partition coefficient (Wildman–Crippen LogP) is -2.75. The summed E-state index contributed by atoms with van der Waals surface area (Å²) in [4.78, 5) is 48.7. The molecule has 0 heterocycles. The molecule has 0 saturated carbocycles. The molecule has 0 atom stereocenters. The Morgan fingerprint density at radius 2 is 0.917 bits per heavy atom. The van der Waals surface area contributed by atoms with Crippen molar-refractivity contribution < 1.29 is 72.1 Å². The Kier molecular flexibility index (Phi) is 11.8. The van der Waals surface area contributed by atoms with E-state index in [4.69, 9.17) is 57.8 Å². The molecule has 0 bridgehead atoms. The van der Waals surface area contributed by atoms with Crippen LogP contribution in [0.25, 0.3) is 0 Å². The largest absolute Gasteiger partial charge is 0.481 e. The fourth-order valence-electron chi connectivity index (χ4n) is 0.714.